The van der Waals surface area contributed by atoms with Crippen molar-refractivity contribution in [2.45, 2.75) is 12.6 Å². The zero-order chi connectivity index (χ0) is 19.6. The fourth-order valence-corrected chi connectivity index (χ4v) is 2.96. The van der Waals surface area contributed by atoms with Crippen LogP contribution in [0.2, 0.25) is 5.02 Å². The van der Waals surface area contributed by atoms with Gasteiger partial charge in [0.15, 0.2) is 0 Å². The van der Waals surface area contributed by atoms with Gasteiger partial charge in [0.2, 0.25) is 0 Å². The molecule has 0 bridgehead atoms. The molecule has 1 aliphatic heterocycles. The van der Waals surface area contributed by atoms with E-state index in [0.29, 0.717) is 35.8 Å². The summed E-state index contributed by atoms with van der Waals surface area (Å²) in [4.78, 5) is 17.9. The summed E-state index contributed by atoms with van der Waals surface area (Å²) in [7, 11) is 0. The fourth-order valence-electron chi connectivity index (χ4n) is 2.72. The van der Waals surface area contributed by atoms with Crippen molar-refractivity contribution in [2.24, 2.45) is 0 Å². The Kier molecular flexibility index (Phi) is 5.36. The van der Waals surface area contributed by atoms with Gasteiger partial charge in [-0.1, -0.05) is 17.7 Å². The number of aromatic nitrogens is 1. The molecule has 0 aliphatic carbocycles. The number of hydrogen-bond donors (Lipinski definition) is 1. The molecule has 2 amide bonds. The number of amides is 2. The molecular weight excluding hydrogens is 386 g/mol. The van der Waals surface area contributed by atoms with Crippen LogP contribution in [0.5, 0.6) is 0 Å². The number of halogens is 5. The maximum absolute atomic E-state index is 13.6. The van der Waals surface area contributed by atoms with E-state index in [1.54, 1.807) is 18.3 Å². The number of nitrogens with one attached hydrogen (secondary N) is 1. The summed E-state index contributed by atoms with van der Waals surface area (Å²) in [6.45, 7) is 0.644. The number of carbonyl (C=O) groups excluding carboxylic acids is 1. The van der Waals surface area contributed by atoms with Gasteiger partial charge in [0.05, 0.1) is 16.3 Å². The molecule has 9 heteroatoms. The smallest absolute Gasteiger partial charge is 0.320 e. The van der Waals surface area contributed by atoms with E-state index in [1.807, 2.05) is 6.08 Å². The molecule has 1 N–H and O–H groups in total. The number of hydrogen-bond acceptors (Lipinski definition) is 2. The number of anilines is 1. The first-order chi connectivity index (χ1) is 12.8. The lowest BCUT2D eigenvalue weighted by Gasteiger charge is -2.26. The molecule has 4 nitrogen and oxygen atoms in total. The van der Waals surface area contributed by atoms with Crippen LogP contribution in [0.4, 0.5) is 28.0 Å². The van der Waals surface area contributed by atoms with Crippen molar-refractivity contribution in [3.8, 4) is 0 Å². The van der Waals surface area contributed by atoms with Crippen LogP contribution in [-0.2, 0) is 6.18 Å². The molecule has 1 aromatic carbocycles. The van der Waals surface area contributed by atoms with E-state index >= 15 is 0 Å². The SMILES string of the molecule is O=C(Nc1ccc(C(F)(F)F)c(F)c1)N1CC=C(c2ncccc2Cl)CC1. The number of pyridine rings is 1. The van der Waals surface area contributed by atoms with Crippen LogP contribution in [0.15, 0.2) is 42.6 Å². The highest BCUT2D eigenvalue weighted by Crippen LogP contribution is 2.32. The van der Waals surface area contributed by atoms with Gasteiger partial charge in [-0.2, -0.15) is 13.2 Å². The van der Waals surface area contributed by atoms with Crippen molar-refractivity contribution in [3.05, 3.63) is 64.7 Å². The predicted molar refractivity (Wildman–Crippen MR) is 93.8 cm³/mol. The van der Waals surface area contributed by atoms with E-state index in [-0.39, 0.29) is 12.2 Å². The van der Waals surface area contributed by atoms with Crippen LogP contribution in [0.25, 0.3) is 5.57 Å². The molecule has 2 aromatic rings. The highest BCUT2D eigenvalue weighted by atomic mass is 35.5. The van der Waals surface area contributed by atoms with Gasteiger partial charge in [-0.3, -0.25) is 4.98 Å². The lowest BCUT2D eigenvalue weighted by atomic mass is 10.0. The van der Waals surface area contributed by atoms with Gasteiger partial charge in [-0.15, -0.1) is 0 Å². The molecular formula is C18H14ClF4N3O. The summed E-state index contributed by atoms with van der Waals surface area (Å²) >= 11 is 6.11. The standard InChI is InChI=1S/C18H14ClF4N3O/c19-14-2-1-7-24-16(14)11-5-8-26(9-6-11)17(27)25-12-3-4-13(15(20)10-12)18(21,22)23/h1-5,7,10H,6,8-9H2,(H,25,27). The van der Waals surface area contributed by atoms with E-state index in [0.717, 1.165) is 11.6 Å². The summed E-state index contributed by atoms with van der Waals surface area (Å²) in [6.07, 6.45) is -0.829. The molecule has 0 fully saturated rings. The van der Waals surface area contributed by atoms with Crippen LogP contribution in [0.3, 0.4) is 0 Å². The summed E-state index contributed by atoms with van der Waals surface area (Å²) in [5.74, 6) is -1.44. The van der Waals surface area contributed by atoms with Crippen LogP contribution >= 0.6 is 11.6 Å². The van der Waals surface area contributed by atoms with E-state index < -0.39 is 23.6 Å². The summed E-state index contributed by atoms with van der Waals surface area (Å²) in [5, 5.41) is 2.92. The van der Waals surface area contributed by atoms with Crippen LogP contribution in [0.1, 0.15) is 17.7 Å². The Morgan fingerprint density at radius 3 is 2.63 bits per heavy atom. The lowest BCUT2D eigenvalue weighted by molar-refractivity contribution is -0.139. The zero-order valence-electron chi connectivity index (χ0n) is 13.9. The lowest BCUT2D eigenvalue weighted by Crippen LogP contribution is -2.38. The van der Waals surface area contributed by atoms with Gasteiger partial charge < -0.3 is 10.2 Å². The first kappa shape index (κ1) is 19.2. The Balaban J connectivity index is 1.66. The molecule has 142 valence electrons. The average molecular weight is 400 g/mol. The molecule has 1 aliphatic rings. The normalized spacial score (nSPS) is 14.7. The van der Waals surface area contributed by atoms with Crippen molar-refractivity contribution in [1.29, 1.82) is 0 Å². The van der Waals surface area contributed by atoms with Gasteiger partial charge in [-0.05, 0) is 42.3 Å². The third-order valence-corrected chi connectivity index (χ3v) is 4.39. The van der Waals surface area contributed by atoms with Gasteiger partial charge in [-0.25, -0.2) is 9.18 Å². The Morgan fingerprint density at radius 2 is 2.04 bits per heavy atom. The van der Waals surface area contributed by atoms with E-state index in [9.17, 15) is 22.4 Å². The molecule has 0 spiro atoms. The van der Waals surface area contributed by atoms with E-state index in [1.165, 1.54) is 4.90 Å². The van der Waals surface area contributed by atoms with Gasteiger partial charge in [0, 0.05) is 25.0 Å². The second kappa shape index (κ2) is 7.56. The zero-order valence-corrected chi connectivity index (χ0v) is 14.6. The highest BCUT2D eigenvalue weighted by molar-refractivity contribution is 6.32. The molecule has 0 atom stereocenters. The first-order valence-electron chi connectivity index (χ1n) is 7.98. The van der Waals surface area contributed by atoms with E-state index in [4.69, 9.17) is 11.6 Å². The second-order valence-corrected chi connectivity index (χ2v) is 6.29. The largest absolute Gasteiger partial charge is 0.419 e. The molecule has 3 rings (SSSR count). The number of nitrogens with zero attached hydrogens (tertiary/aromatic N) is 2. The van der Waals surface area contributed by atoms with Gasteiger partial charge in [0.1, 0.15) is 5.82 Å². The Hall–Kier alpha value is -2.61. The summed E-state index contributed by atoms with van der Waals surface area (Å²) in [5.41, 5.74) is 0.139. The fraction of sp³-hybridized carbons (Fsp3) is 0.222. The number of alkyl halides is 3. The Morgan fingerprint density at radius 1 is 1.26 bits per heavy atom. The number of rotatable bonds is 2. The molecule has 2 heterocycles. The summed E-state index contributed by atoms with van der Waals surface area (Å²) < 4.78 is 51.3. The minimum Gasteiger partial charge on any atom is -0.320 e. The molecule has 0 radical (unpaired) electrons. The third-order valence-electron chi connectivity index (χ3n) is 4.08. The number of carbonyl (C=O) groups is 1. The van der Waals surface area contributed by atoms with Crippen molar-refractivity contribution in [1.82, 2.24) is 9.88 Å². The minimum absolute atomic E-state index is 0.0481. The number of benzene rings is 1. The van der Waals surface area contributed by atoms with E-state index in [2.05, 4.69) is 10.3 Å². The monoisotopic (exact) mass is 399 g/mol. The maximum atomic E-state index is 13.6. The number of urea groups is 1. The molecule has 1 aromatic heterocycles. The highest BCUT2D eigenvalue weighted by Gasteiger charge is 2.34. The van der Waals surface area contributed by atoms with Crippen molar-refractivity contribution in [2.75, 3.05) is 18.4 Å². The maximum Gasteiger partial charge on any atom is 0.419 e. The first-order valence-corrected chi connectivity index (χ1v) is 8.36. The average Bonchev–Trinajstić information content (AvgIpc) is 2.61. The summed E-state index contributed by atoms with van der Waals surface area (Å²) in [6, 6.07) is 5.18. The molecule has 0 saturated heterocycles. The quantitative estimate of drug-likeness (QED) is 0.704. The van der Waals surface area contributed by atoms with Gasteiger partial charge in [0.25, 0.3) is 0 Å². The molecule has 0 saturated carbocycles. The Labute approximate surface area is 157 Å². The van der Waals surface area contributed by atoms with Crippen molar-refractivity contribution >= 4 is 28.9 Å². The van der Waals surface area contributed by atoms with Crippen molar-refractivity contribution < 1.29 is 22.4 Å². The topological polar surface area (TPSA) is 45.2 Å². The molecule has 0 unspecified atom stereocenters. The second-order valence-electron chi connectivity index (χ2n) is 5.88. The van der Waals surface area contributed by atoms with Gasteiger partial charge >= 0.3 is 12.2 Å². The Bertz CT molecular complexity index is 898. The predicted octanol–water partition coefficient (Wildman–Crippen LogP) is 5.21. The minimum atomic E-state index is -4.78. The van der Waals surface area contributed by atoms with Crippen molar-refractivity contribution in [3.63, 3.8) is 0 Å². The van der Waals surface area contributed by atoms with Crippen LogP contribution in [-0.4, -0.2) is 29.0 Å². The third kappa shape index (κ3) is 4.39. The van der Waals surface area contributed by atoms with Crippen LogP contribution < -0.4 is 5.32 Å². The molecule has 27 heavy (non-hydrogen) atoms. The van der Waals surface area contributed by atoms with Crippen LogP contribution in [0, 0.1) is 5.82 Å².